The zero-order valence-electron chi connectivity index (χ0n) is 9.84. The van der Waals surface area contributed by atoms with Gasteiger partial charge in [-0.3, -0.25) is 0 Å². The Morgan fingerprint density at radius 3 is 2.42 bits per heavy atom. The third-order valence-electron chi connectivity index (χ3n) is 2.85. The Morgan fingerprint density at radius 1 is 1.00 bits per heavy atom. The van der Waals surface area contributed by atoms with Crippen LogP contribution in [0.25, 0.3) is 0 Å². The van der Waals surface area contributed by atoms with E-state index in [1.165, 1.54) is 0 Å². The van der Waals surface area contributed by atoms with Gasteiger partial charge in [0.25, 0.3) is 0 Å². The topological polar surface area (TPSA) is 26.0 Å². The minimum absolute atomic E-state index is 0.235. The van der Waals surface area contributed by atoms with Crippen LogP contribution < -0.4 is 5.73 Å². The van der Waals surface area contributed by atoms with E-state index >= 15 is 0 Å². The van der Waals surface area contributed by atoms with Crippen LogP contribution in [-0.2, 0) is 6.42 Å². The standard InChI is InChI=1S/C14H11BrCl3N/c15-10-5-2-4-9(14(10)18)12(19)7-8-3-1-6-11(16)13(8)17/h1-6,12H,7,19H2. The Bertz CT molecular complexity index is 601. The number of nitrogens with two attached hydrogens (primary N) is 1. The normalized spacial score (nSPS) is 12.5. The number of hydrogen-bond acceptors (Lipinski definition) is 1. The van der Waals surface area contributed by atoms with Crippen molar-refractivity contribution in [3.8, 4) is 0 Å². The van der Waals surface area contributed by atoms with Crippen LogP contribution in [0.2, 0.25) is 15.1 Å². The molecule has 2 N–H and O–H groups in total. The zero-order chi connectivity index (χ0) is 14.0. The largest absolute Gasteiger partial charge is 0.324 e. The van der Waals surface area contributed by atoms with E-state index in [0.717, 1.165) is 15.6 Å². The molecule has 2 rings (SSSR count). The summed E-state index contributed by atoms with van der Waals surface area (Å²) in [6.07, 6.45) is 0.579. The van der Waals surface area contributed by atoms with E-state index in [4.69, 9.17) is 40.5 Å². The maximum atomic E-state index is 6.24. The molecule has 0 aliphatic rings. The molecule has 0 aromatic heterocycles. The van der Waals surface area contributed by atoms with Crippen molar-refractivity contribution in [2.45, 2.75) is 12.5 Å². The molecule has 5 heteroatoms. The Labute approximate surface area is 135 Å². The van der Waals surface area contributed by atoms with Gasteiger partial charge in [-0.25, -0.2) is 0 Å². The summed E-state index contributed by atoms with van der Waals surface area (Å²) in [5, 5.41) is 1.71. The minimum Gasteiger partial charge on any atom is -0.324 e. The van der Waals surface area contributed by atoms with Crippen LogP contribution in [0, 0.1) is 0 Å². The predicted octanol–water partition coefficient (Wildman–Crippen LogP) is 5.65. The Morgan fingerprint density at radius 2 is 1.68 bits per heavy atom. The van der Waals surface area contributed by atoms with Gasteiger partial charge in [0.05, 0.1) is 15.1 Å². The van der Waals surface area contributed by atoms with Crippen LogP contribution in [-0.4, -0.2) is 0 Å². The summed E-state index contributed by atoms with van der Waals surface area (Å²) >= 11 is 21.8. The van der Waals surface area contributed by atoms with Crippen LogP contribution in [0.5, 0.6) is 0 Å². The lowest BCUT2D eigenvalue weighted by Crippen LogP contribution is -2.14. The van der Waals surface area contributed by atoms with E-state index in [9.17, 15) is 0 Å². The van der Waals surface area contributed by atoms with E-state index in [1.54, 1.807) is 6.07 Å². The van der Waals surface area contributed by atoms with Crippen molar-refractivity contribution >= 4 is 50.7 Å². The fourth-order valence-electron chi connectivity index (χ4n) is 1.86. The highest BCUT2D eigenvalue weighted by Crippen LogP contribution is 2.33. The molecule has 2 aromatic carbocycles. The maximum Gasteiger partial charge on any atom is 0.0624 e. The van der Waals surface area contributed by atoms with Crippen LogP contribution in [0.15, 0.2) is 40.9 Å². The zero-order valence-corrected chi connectivity index (χ0v) is 13.7. The lowest BCUT2D eigenvalue weighted by atomic mass is 9.99. The van der Waals surface area contributed by atoms with E-state index in [-0.39, 0.29) is 6.04 Å². The second-order valence-electron chi connectivity index (χ2n) is 4.17. The first kappa shape index (κ1) is 15.1. The lowest BCUT2D eigenvalue weighted by Gasteiger charge is -2.15. The van der Waals surface area contributed by atoms with Gasteiger partial charge in [-0.05, 0) is 45.6 Å². The summed E-state index contributed by atoms with van der Waals surface area (Å²) in [6.45, 7) is 0. The summed E-state index contributed by atoms with van der Waals surface area (Å²) in [5.41, 5.74) is 8.00. The van der Waals surface area contributed by atoms with Gasteiger partial charge >= 0.3 is 0 Å². The molecule has 0 radical (unpaired) electrons. The molecule has 2 aromatic rings. The number of benzene rings is 2. The lowest BCUT2D eigenvalue weighted by molar-refractivity contribution is 0.722. The number of halogens is 4. The van der Waals surface area contributed by atoms with Gasteiger partial charge in [-0.2, -0.15) is 0 Å². The van der Waals surface area contributed by atoms with Crippen molar-refractivity contribution < 1.29 is 0 Å². The molecule has 0 aliphatic heterocycles. The molecule has 0 amide bonds. The smallest absolute Gasteiger partial charge is 0.0624 e. The molecule has 1 unspecified atom stereocenters. The molecule has 1 nitrogen and oxygen atoms in total. The van der Waals surface area contributed by atoms with Crippen molar-refractivity contribution in [1.82, 2.24) is 0 Å². The molecule has 19 heavy (non-hydrogen) atoms. The monoisotopic (exact) mass is 377 g/mol. The van der Waals surface area contributed by atoms with Gasteiger partial charge in [0.15, 0.2) is 0 Å². The summed E-state index contributed by atoms with van der Waals surface area (Å²) < 4.78 is 0.833. The molecule has 100 valence electrons. The predicted molar refractivity (Wildman–Crippen MR) is 86.2 cm³/mol. The van der Waals surface area contributed by atoms with E-state index < -0.39 is 0 Å². The molecular weight excluding hydrogens is 368 g/mol. The molecule has 0 aliphatic carbocycles. The molecule has 0 saturated heterocycles. The third-order valence-corrected chi connectivity index (χ3v) is 5.02. The highest BCUT2D eigenvalue weighted by atomic mass is 79.9. The van der Waals surface area contributed by atoms with E-state index in [0.29, 0.717) is 21.5 Å². The molecule has 0 heterocycles. The fraction of sp³-hybridized carbons (Fsp3) is 0.143. The van der Waals surface area contributed by atoms with Crippen molar-refractivity contribution in [2.75, 3.05) is 0 Å². The fourth-order valence-corrected chi connectivity index (χ4v) is 2.90. The number of hydrogen-bond donors (Lipinski definition) is 1. The molecule has 0 saturated carbocycles. The van der Waals surface area contributed by atoms with Gasteiger partial charge in [0.2, 0.25) is 0 Å². The third kappa shape index (κ3) is 3.45. The van der Waals surface area contributed by atoms with Crippen LogP contribution in [0.1, 0.15) is 17.2 Å². The van der Waals surface area contributed by atoms with Gasteiger partial charge in [-0.15, -0.1) is 0 Å². The maximum absolute atomic E-state index is 6.24. The van der Waals surface area contributed by atoms with Gasteiger partial charge < -0.3 is 5.73 Å². The van der Waals surface area contributed by atoms with Gasteiger partial charge in [-0.1, -0.05) is 59.1 Å². The van der Waals surface area contributed by atoms with Crippen LogP contribution in [0.4, 0.5) is 0 Å². The quantitative estimate of drug-likeness (QED) is 0.732. The van der Waals surface area contributed by atoms with Crippen molar-refractivity contribution in [3.05, 3.63) is 67.1 Å². The highest BCUT2D eigenvalue weighted by Gasteiger charge is 2.15. The minimum atomic E-state index is -0.235. The Balaban J connectivity index is 2.28. The first-order valence-electron chi connectivity index (χ1n) is 5.63. The summed E-state index contributed by atoms with van der Waals surface area (Å²) in [7, 11) is 0. The summed E-state index contributed by atoms with van der Waals surface area (Å²) in [5.74, 6) is 0. The molecule has 0 spiro atoms. The SMILES string of the molecule is NC(Cc1cccc(Cl)c1Cl)c1cccc(Br)c1Cl. The van der Waals surface area contributed by atoms with Crippen molar-refractivity contribution in [3.63, 3.8) is 0 Å². The molecule has 0 fully saturated rings. The van der Waals surface area contributed by atoms with Crippen LogP contribution in [0.3, 0.4) is 0 Å². The van der Waals surface area contributed by atoms with Crippen molar-refractivity contribution in [1.29, 1.82) is 0 Å². The van der Waals surface area contributed by atoms with E-state index in [1.807, 2.05) is 30.3 Å². The molecular formula is C14H11BrCl3N. The van der Waals surface area contributed by atoms with E-state index in [2.05, 4.69) is 15.9 Å². The second-order valence-corrected chi connectivity index (χ2v) is 6.18. The highest BCUT2D eigenvalue weighted by molar-refractivity contribution is 9.10. The van der Waals surface area contributed by atoms with Crippen molar-refractivity contribution in [2.24, 2.45) is 5.73 Å². The molecule has 0 bridgehead atoms. The second kappa shape index (κ2) is 6.47. The summed E-state index contributed by atoms with van der Waals surface area (Å²) in [4.78, 5) is 0. The van der Waals surface area contributed by atoms with Gasteiger partial charge in [0.1, 0.15) is 0 Å². The number of rotatable bonds is 3. The van der Waals surface area contributed by atoms with Crippen LogP contribution >= 0.6 is 50.7 Å². The average molecular weight is 380 g/mol. The summed E-state index contributed by atoms with van der Waals surface area (Å²) in [6, 6.07) is 11.0. The Hall–Kier alpha value is -0.250. The first-order chi connectivity index (χ1) is 9.00. The Kier molecular flexibility index (Phi) is 5.15. The first-order valence-corrected chi connectivity index (χ1v) is 7.55. The molecule has 1 atom stereocenters. The van der Waals surface area contributed by atoms with Gasteiger partial charge in [0, 0.05) is 10.5 Å². The average Bonchev–Trinajstić information content (AvgIpc) is 2.38.